The van der Waals surface area contributed by atoms with Crippen molar-refractivity contribution in [2.24, 2.45) is 5.73 Å². The number of anilines is 1. The number of non-ortho nitro benzene ring substituents is 1. The highest BCUT2D eigenvalue weighted by Gasteiger charge is 2.16. The summed E-state index contributed by atoms with van der Waals surface area (Å²) >= 11 is 0. The second kappa shape index (κ2) is 4.26. The molecule has 8 nitrogen and oxygen atoms in total. The van der Waals surface area contributed by atoms with E-state index in [4.69, 9.17) is 10.8 Å². The summed E-state index contributed by atoms with van der Waals surface area (Å²) in [6.45, 7) is 0. The lowest BCUT2D eigenvalue weighted by Gasteiger charge is -2.05. The quantitative estimate of drug-likeness (QED) is 0.515. The molecule has 1 aromatic rings. The van der Waals surface area contributed by atoms with Crippen molar-refractivity contribution in [3.8, 4) is 0 Å². The maximum atomic E-state index is 10.7. The number of nitro groups is 1. The molecule has 16 heavy (non-hydrogen) atoms. The van der Waals surface area contributed by atoms with Crippen molar-refractivity contribution >= 4 is 23.4 Å². The molecule has 0 aliphatic rings. The molecule has 0 aliphatic heterocycles. The Kier molecular flexibility index (Phi) is 3.04. The van der Waals surface area contributed by atoms with Gasteiger partial charge in [0.2, 0.25) is 0 Å². The number of carbonyl (C=O) groups is 2. The molecule has 0 saturated heterocycles. The molecular formula is C8H7N3O5. The van der Waals surface area contributed by atoms with Crippen molar-refractivity contribution in [2.45, 2.75) is 0 Å². The Morgan fingerprint density at radius 2 is 2.06 bits per heavy atom. The van der Waals surface area contributed by atoms with E-state index in [9.17, 15) is 19.7 Å². The van der Waals surface area contributed by atoms with Crippen LogP contribution in [0, 0.1) is 10.1 Å². The van der Waals surface area contributed by atoms with Crippen LogP contribution in [-0.2, 0) is 0 Å². The lowest BCUT2D eigenvalue weighted by atomic mass is 10.1. The van der Waals surface area contributed by atoms with Crippen LogP contribution >= 0.6 is 0 Å². The molecule has 0 bridgehead atoms. The summed E-state index contributed by atoms with van der Waals surface area (Å²) in [5.41, 5.74) is 3.98. The summed E-state index contributed by atoms with van der Waals surface area (Å²) in [6, 6.07) is 1.97. The first-order valence-corrected chi connectivity index (χ1v) is 4.00. The van der Waals surface area contributed by atoms with Gasteiger partial charge in [0.15, 0.2) is 0 Å². The third-order valence-electron chi connectivity index (χ3n) is 1.70. The largest absolute Gasteiger partial charge is 0.478 e. The zero-order valence-corrected chi connectivity index (χ0v) is 7.84. The third kappa shape index (κ3) is 2.44. The van der Waals surface area contributed by atoms with Gasteiger partial charge in [-0.3, -0.25) is 10.1 Å². The van der Waals surface area contributed by atoms with Gasteiger partial charge in [-0.25, -0.2) is 9.59 Å². The molecule has 0 aliphatic carbocycles. The highest BCUT2D eigenvalue weighted by atomic mass is 16.6. The molecule has 0 radical (unpaired) electrons. The van der Waals surface area contributed by atoms with Crippen LogP contribution in [-0.4, -0.2) is 22.0 Å². The molecule has 1 aromatic carbocycles. The fourth-order valence-electron chi connectivity index (χ4n) is 1.07. The number of hydrogen-bond donors (Lipinski definition) is 3. The van der Waals surface area contributed by atoms with Gasteiger partial charge in [-0.05, 0) is 6.07 Å². The number of nitro benzene ring substituents is 1. The lowest BCUT2D eigenvalue weighted by molar-refractivity contribution is -0.384. The fourth-order valence-corrected chi connectivity index (χ4v) is 1.07. The Morgan fingerprint density at radius 1 is 1.44 bits per heavy atom. The van der Waals surface area contributed by atoms with Crippen LogP contribution < -0.4 is 11.1 Å². The number of amides is 2. The highest BCUT2D eigenvalue weighted by molar-refractivity contribution is 6.00. The van der Waals surface area contributed by atoms with Crippen LogP contribution in [0.25, 0.3) is 0 Å². The molecule has 1 rings (SSSR count). The minimum Gasteiger partial charge on any atom is -0.478 e. The molecule has 8 heteroatoms. The van der Waals surface area contributed by atoms with Gasteiger partial charge in [0, 0.05) is 12.1 Å². The monoisotopic (exact) mass is 225 g/mol. The first-order valence-electron chi connectivity index (χ1n) is 4.00. The van der Waals surface area contributed by atoms with Gasteiger partial charge in [-0.2, -0.15) is 0 Å². The van der Waals surface area contributed by atoms with Crippen molar-refractivity contribution < 1.29 is 19.6 Å². The van der Waals surface area contributed by atoms with E-state index in [2.05, 4.69) is 0 Å². The van der Waals surface area contributed by atoms with Gasteiger partial charge in [-0.1, -0.05) is 0 Å². The highest BCUT2D eigenvalue weighted by Crippen LogP contribution is 2.22. The van der Waals surface area contributed by atoms with Crippen molar-refractivity contribution in [1.82, 2.24) is 0 Å². The summed E-state index contributed by atoms with van der Waals surface area (Å²) in [6.07, 6.45) is 0. The van der Waals surface area contributed by atoms with Crippen molar-refractivity contribution in [3.63, 3.8) is 0 Å². The van der Waals surface area contributed by atoms with Crippen molar-refractivity contribution in [1.29, 1.82) is 0 Å². The summed E-state index contributed by atoms with van der Waals surface area (Å²) in [7, 11) is 0. The predicted molar refractivity (Wildman–Crippen MR) is 53.3 cm³/mol. The maximum Gasteiger partial charge on any atom is 0.337 e. The molecule has 84 valence electrons. The minimum atomic E-state index is -1.32. The average molecular weight is 225 g/mol. The van der Waals surface area contributed by atoms with E-state index in [1.54, 1.807) is 0 Å². The molecule has 0 heterocycles. The molecule has 0 fully saturated rings. The zero-order chi connectivity index (χ0) is 12.3. The molecule has 0 aromatic heterocycles. The normalized spacial score (nSPS) is 9.50. The Hall–Kier alpha value is -2.64. The number of nitrogens with one attached hydrogen (secondary N) is 1. The van der Waals surface area contributed by atoms with Crippen molar-refractivity contribution in [3.05, 3.63) is 33.9 Å². The molecule has 0 atom stereocenters. The Balaban J connectivity index is 3.26. The van der Waals surface area contributed by atoms with Crippen LogP contribution in [0.1, 0.15) is 10.4 Å². The van der Waals surface area contributed by atoms with Crippen molar-refractivity contribution in [2.75, 3.05) is 5.32 Å². The third-order valence-corrected chi connectivity index (χ3v) is 1.70. The number of primary amides is 1. The molecule has 0 saturated carbocycles. The maximum absolute atomic E-state index is 10.7. The van der Waals surface area contributed by atoms with E-state index in [1.165, 1.54) is 0 Å². The Morgan fingerprint density at radius 3 is 2.50 bits per heavy atom. The molecule has 0 spiro atoms. The van der Waals surface area contributed by atoms with E-state index in [1.807, 2.05) is 5.32 Å². The number of carbonyl (C=O) groups excluding carboxylic acids is 1. The zero-order valence-electron chi connectivity index (χ0n) is 7.84. The van der Waals surface area contributed by atoms with E-state index >= 15 is 0 Å². The summed E-state index contributed by atoms with van der Waals surface area (Å²) < 4.78 is 0. The van der Waals surface area contributed by atoms with Crippen LogP contribution in [0.3, 0.4) is 0 Å². The van der Waals surface area contributed by atoms with Crippen LogP contribution in [0.2, 0.25) is 0 Å². The van der Waals surface area contributed by atoms with E-state index in [0.717, 1.165) is 18.2 Å². The Labute approximate surface area is 88.8 Å². The van der Waals surface area contributed by atoms with Gasteiger partial charge in [-0.15, -0.1) is 0 Å². The SMILES string of the molecule is NC(=O)Nc1cc([N+](=O)[O-])ccc1C(=O)O. The number of rotatable bonds is 3. The molecule has 0 unspecified atom stereocenters. The first-order chi connectivity index (χ1) is 7.41. The average Bonchev–Trinajstić information content (AvgIpc) is 2.15. The molecular weight excluding hydrogens is 218 g/mol. The van der Waals surface area contributed by atoms with Gasteiger partial charge in [0.05, 0.1) is 16.2 Å². The molecule has 2 amide bonds. The number of hydrogen-bond acceptors (Lipinski definition) is 4. The number of nitrogens with two attached hydrogens (primary N) is 1. The van der Waals surface area contributed by atoms with Crippen LogP contribution in [0.4, 0.5) is 16.2 Å². The Bertz CT molecular complexity index is 471. The smallest absolute Gasteiger partial charge is 0.337 e. The summed E-state index contributed by atoms with van der Waals surface area (Å²) in [5, 5.41) is 21.2. The van der Waals surface area contributed by atoms with Gasteiger partial charge in [0.25, 0.3) is 5.69 Å². The summed E-state index contributed by atoms with van der Waals surface area (Å²) in [5.74, 6) is -1.32. The van der Waals surface area contributed by atoms with Crippen LogP contribution in [0.5, 0.6) is 0 Å². The second-order valence-electron chi connectivity index (χ2n) is 2.78. The molecule has 4 N–H and O–H groups in total. The fraction of sp³-hybridized carbons (Fsp3) is 0. The van der Waals surface area contributed by atoms with Crippen LogP contribution in [0.15, 0.2) is 18.2 Å². The summed E-state index contributed by atoms with van der Waals surface area (Å²) in [4.78, 5) is 31.0. The van der Waals surface area contributed by atoms with E-state index < -0.39 is 16.9 Å². The number of carboxylic acid groups (broad SMARTS) is 1. The number of benzene rings is 1. The standard InChI is InChI=1S/C8H7N3O5/c9-8(14)10-6-3-4(11(15)16)1-2-5(6)7(12)13/h1-3H,(H,12,13)(H3,9,10,14). The first kappa shape index (κ1) is 11.4. The van der Waals surface area contributed by atoms with E-state index in [0.29, 0.717) is 0 Å². The predicted octanol–water partition coefficient (Wildman–Crippen LogP) is 0.784. The number of nitrogens with zero attached hydrogens (tertiary/aromatic N) is 1. The lowest BCUT2D eigenvalue weighted by Crippen LogP contribution is -2.21. The van der Waals surface area contributed by atoms with Gasteiger partial charge in [0.1, 0.15) is 0 Å². The number of carboxylic acids is 1. The van der Waals surface area contributed by atoms with E-state index in [-0.39, 0.29) is 16.9 Å². The number of aromatic carboxylic acids is 1. The minimum absolute atomic E-state index is 0.214. The second-order valence-corrected chi connectivity index (χ2v) is 2.78. The topological polar surface area (TPSA) is 136 Å². The number of urea groups is 1. The van der Waals surface area contributed by atoms with Gasteiger partial charge < -0.3 is 16.2 Å². The van der Waals surface area contributed by atoms with Gasteiger partial charge >= 0.3 is 12.0 Å².